The van der Waals surface area contributed by atoms with Crippen molar-refractivity contribution in [1.29, 1.82) is 0 Å². The third-order valence-electron chi connectivity index (χ3n) is 3.85. The predicted octanol–water partition coefficient (Wildman–Crippen LogP) is 2.99. The molecule has 2 aromatic heterocycles. The van der Waals surface area contributed by atoms with Crippen LogP contribution in [-0.4, -0.2) is 39.6 Å². The zero-order valence-corrected chi connectivity index (χ0v) is 13.6. The lowest BCUT2D eigenvalue weighted by Gasteiger charge is -2.18. The highest BCUT2D eigenvalue weighted by molar-refractivity contribution is 5.88. The summed E-state index contributed by atoms with van der Waals surface area (Å²) in [5, 5.41) is 9.05. The van der Waals surface area contributed by atoms with E-state index >= 15 is 0 Å². The van der Waals surface area contributed by atoms with Gasteiger partial charge in [-0.05, 0) is 36.4 Å². The van der Waals surface area contributed by atoms with Crippen LogP contribution in [-0.2, 0) is 6.42 Å². The second-order valence-corrected chi connectivity index (χ2v) is 5.62. The Morgan fingerprint density at radius 1 is 1.24 bits per heavy atom. The van der Waals surface area contributed by atoms with Crippen molar-refractivity contribution in [2.24, 2.45) is 0 Å². The average Bonchev–Trinajstić information content (AvgIpc) is 3.09. The van der Waals surface area contributed by atoms with Crippen LogP contribution < -0.4 is 4.90 Å². The van der Waals surface area contributed by atoms with Gasteiger partial charge in [0.2, 0.25) is 0 Å². The van der Waals surface area contributed by atoms with Gasteiger partial charge in [0, 0.05) is 38.1 Å². The number of pyridine rings is 1. The van der Waals surface area contributed by atoms with Gasteiger partial charge in [-0.2, -0.15) is 0 Å². The third kappa shape index (κ3) is 4.00. The molecule has 0 spiro atoms. The van der Waals surface area contributed by atoms with E-state index in [2.05, 4.69) is 15.0 Å². The molecule has 1 aromatic carbocycles. The monoisotopic (exact) mass is 340 g/mol. The molecule has 2 heterocycles. The SMILES string of the molecule is CN(CCc1nc(-c2cc(C(=O)O)ccn2)c[nH]1)c1ccc(F)cc1. The van der Waals surface area contributed by atoms with Gasteiger partial charge in [0.15, 0.2) is 0 Å². The summed E-state index contributed by atoms with van der Waals surface area (Å²) in [6.45, 7) is 0.696. The van der Waals surface area contributed by atoms with E-state index in [9.17, 15) is 9.18 Å². The molecule has 0 amide bonds. The van der Waals surface area contributed by atoms with Gasteiger partial charge in [0.1, 0.15) is 17.3 Å². The molecule has 2 N–H and O–H groups in total. The average molecular weight is 340 g/mol. The van der Waals surface area contributed by atoms with Crippen LogP contribution in [0.15, 0.2) is 48.8 Å². The van der Waals surface area contributed by atoms with E-state index in [-0.39, 0.29) is 11.4 Å². The Morgan fingerprint density at radius 2 is 2.00 bits per heavy atom. The van der Waals surface area contributed by atoms with Gasteiger partial charge in [-0.25, -0.2) is 14.2 Å². The number of anilines is 1. The number of carbonyl (C=O) groups is 1. The molecule has 0 radical (unpaired) electrons. The summed E-state index contributed by atoms with van der Waals surface area (Å²) < 4.78 is 13.0. The number of H-pyrrole nitrogens is 1. The highest BCUT2D eigenvalue weighted by atomic mass is 19.1. The van der Waals surface area contributed by atoms with E-state index < -0.39 is 5.97 Å². The maximum atomic E-state index is 13.0. The first-order valence-electron chi connectivity index (χ1n) is 7.73. The molecule has 3 aromatic rings. The molecule has 0 saturated carbocycles. The summed E-state index contributed by atoms with van der Waals surface area (Å²) in [7, 11) is 1.93. The summed E-state index contributed by atoms with van der Waals surface area (Å²) in [5.41, 5.74) is 2.20. The van der Waals surface area contributed by atoms with Crippen molar-refractivity contribution in [3.05, 3.63) is 66.0 Å². The van der Waals surface area contributed by atoms with Gasteiger partial charge in [0.05, 0.1) is 11.3 Å². The van der Waals surface area contributed by atoms with Gasteiger partial charge < -0.3 is 15.0 Å². The first kappa shape index (κ1) is 16.6. The number of aromatic amines is 1. The minimum atomic E-state index is -1.000. The minimum absolute atomic E-state index is 0.172. The topological polar surface area (TPSA) is 82.1 Å². The molecular weight excluding hydrogens is 323 g/mol. The van der Waals surface area contributed by atoms with E-state index in [0.717, 1.165) is 11.5 Å². The number of carboxylic acid groups (broad SMARTS) is 1. The Kier molecular flexibility index (Phi) is 4.74. The van der Waals surface area contributed by atoms with Crippen LogP contribution in [0.5, 0.6) is 0 Å². The van der Waals surface area contributed by atoms with Crippen molar-refractivity contribution in [1.82, 2.24) is 15.0 Å². The lowest BCUT2D eigenvalue weighted by atomic mass is 10.2. The second-order valence-electron chi connectivity index (χ2n) is 5.62. The maximum absolute atomic E-state index is 13.0. The number of imidazole rings is 1. The lowest BCUT2D eigenvalue weighted by Crippen LogP contribution is -2.20. The van der Waals surface area contributed by atoms with Gasteiger partial charge in [-0.3, -0.25) is 4.98 Å². The normalized spacial score (nSPS) is 10.6. The standard InChI is InChI=1S/C18H17FN4O2/c1-23(14-4-2-13(19)3-5-14)9-7-17-21-11-16(22-17)15-10-12(18(24)25)6-8-20-15/h2-6,8,10-11H,7,9H2,1H3,(H,21,22)(H,24,25). The van der Waals surface area contributed by atoms with Gasteiger partial charge in [-0.15, -0.1) is 0 Å². The third-order valence-corrected chi connectivity index (χ3v) is 3.85. The van der Waals surface area contributed by atoms with Crippen molar-refractivity contribution >= 4 is 11.7 Å². The largest absolute Gasteiger partial charge is 0.478 e. The molecule has 0 atom stereocenters. The molecule has 0 aliphatic rings. The summed E-state index contributed by atoms with van der Waals surface area (Å²) in [6.07, 6.45) is 3.82. The van der Waals surface area contributed by atoms with Crippen LogP contribution in [0.2, 0.25) is 0 Å². The smallest absolute Gasteiger partial charge is 0.335 e. The molecular formula is C18H17FN4O2. The van der Waals surface area contributed by atoms with Crippen LogP contribution in [0.1, 0.15) is 16.2 Å². The van der Waals surface area contributed by atoms with Gasteiger partial charge in [0.25, 0.3) is 0 Å². The number of likely N-dealkylation sites (N-methyl/N-ethyl adjacent to an activating group) is 1. The molecule has 7 heteroatoms. The van der Waals surface area contributed by atoms with Crippen LogP contribution >= 0.6 is 0 Å². The molecule has 0 saturated heterocycles. The number of benzene rings is 1. The zero-order chi connectivity index (χ0) is 17.8. The van der Waals surface area contributed by atoms with Crippen molar-refractivity contribution in [3.63, 3.8) is 0 Å². The first-order chi connectivity index (χ1) is 12.0. The highest BCUT2D eigenvalue weighted by Gasteiger charge is 2.10. The molecule has 0 unspecified atom stereocenters. The quantitative estimate of drug-likeness (QED) is 0.721. The number of hydrogen-bond acceptors (Lipinski definition) is 4. The molecule has 0 fully saturated rings. The molecule has 3 rings (SSSR count). The van der Waals surface area contributed by atoms with Crippen molar-refractivity contribution in [2.75, 3.05) is 18.5 Å². The fraction of sp³-hybridized carbons (Fsp3) is 0.167. The first-order valence-corrected chi connectivity index (χ1v) is 7.73. The number of hydrogen-bond donors (Lipinski definition) is 2. The van der Waals surface area contributed by atoms with Crippen LogP contribution in [0.4, 0.5) is 10.1 Å². The van der Waals surface area contributed by atoms with E-state index in [0.29, 0.717) is 24.4 Å². The van der Waals surface area contributed by atoms with E-state index in [4.69, 9.17) is 5.11 Å². The minimum Gasteiger partial charge on any atom is -0.478 e. The number of nitrogens with zero attached hydrogens (tertiary/aromatic N) is 3. The Balaban J connectivity index is 1.66. The number of rotatable bonds is 6. The highest BCUT2D eigenvalue weighted by Crippen LogP contribution is 2.17. The zero-order valence-electron chi connectivity index (χ0n) is 13.6. The summed E-state index contributed by atoms with van der Waals surface area (Å²) in [5.74, 6) is -0.490. The molecule has 25 heavy (non-hydrogen) atoms. The summed E-state index contributed by atoms with van der Waals surface area (Å²) >= 11 is 0. The van der Waals surface area contributed by atoms with Gasteiger partial charge in [-0.1, -0.05) is 0 Å². The number of aromatic carboxylic acids is 1. The van der Waals surface area contributed by atoms with Crippen molar-refractivity contribution in [3.8, 4) is 11.4 Å². The Hall–Kier alpha value is -3.22. The van der Waals surface area contributed by atoms with Crippen molar-refractivity contribution in [2.45, 2.75) is 6.42 Å². The number of nitrogens with one attached hydrogen (secondary N) is 1. The summed E-state index contributed by atoms with van der Waals surface area (Å²) in [6, 6.07) is 9.24. The fourth-order valence-corrected chi connectivity index (χ4v) is 2.42. The van der Waals surface area contributed by atoms with Crippen molar-refractivity contribution < 1.29 is 14.3 Å². The molecule has 0 bridgehead atoms. The Labute approximate surface area is 144 Å². The van der Waals surface area contributed by atoms with Crippen LogP contribution in [0.3, 0.4) is 0 Å². The molecule has 6 nitrogen and oxygen atoms in total. The van der Waals surface area contributed by atoms with Crippen LogP contribution in [0.25, 0.3) is 11.4 Å². The van der Waals surface area contributed by atoms with E-state index in [1.807, 2.05) is 11.9 Å². The van der Waals surface area contributed by atoms with Gasteiger partial charge >= 0.3 is 5.97 Å². The predicted molar refractivity (Wildman–Crippen MR) is 92.2 cm³/mol. The number of aromatic nitrogens is 3. The summed E-state index contributed by atoms with van der Waals surface area (Å²) in [4.78, 5) is 24.8. The molecule has 0 aliphatic heterocycles. The van der Waals surface area contributed by atoms with E-state index in [1.165, 1.54) is 30.5 Å². The Bertz CT molecular complexity index is 877. The Morgan fingerprint density at radius 3 is 2.72 bits per heavy atom. The van der Waals surface area contributed by atoms with Crippen LogP contribution in [0, 0.1) is 5.82 Å². The molecule has 0 aliphatic carbocycles. The molecule has 128 valence electrons. The number of carboxylic acids is 1. The number of halogens is 1. The second kappa shape index (κ2) is 7.12. The fourth-order valence-electron chi connectivity index (χ4n) is 2.42. The lowest BCUT2D eigenvalue weighted by molar-refractivity contribution is 0.0697. The maximum Gasteiger partial charge on any atom is 0.335 e. The van der Waals surface area contributed by atoms with E-state index in [1.54, 1.807) is 18.3 Å².